The van der Waals surface area contributed by atoms with Gasteiger partial charge >= 0.3 is 0 Å². The van der Waals surface area contributed by atoms with Crippen molar-refractivity contribution in [1.82, 2.24) is 4.72 Å². The Morgan fingerprint density at radius 3 is 2.12 bits per heavy atom. The minimum Gasteiger partial charge on any atom is -1.00 e. The molecule has 48 valence electrons. The number of rotatable bonds is 0. The molecule has 1 N–H and O–H groups in total. The third kappa shape index (κ3) is 2.15. The summed E-state index contributed by atoms with van der Waals surface area (Å²) in [5, 5.41) is 0.539. The van der Waals surface area contributed by atoms with Crippen LogP contribution < -0.4 is 17.1 Å². The van der Waals surface area contributed by atoms with E-state index < -0.39 is 0 Å². The van der Waals surface area contributed by atoms with Crippen LogP contribution in [0.4, 0.5) is 0 Å². The Labute approximate surface area is 71.5 Å². The van der Waals surface area contributed by atoms with Gasteiger partial charge in [-0.15, -0.1) is 0 Å². The fourth-order valence-electron chi connectivity index (χ4n) is 0.171. The minimum atomic E-state index is 0. The van der Waals surface area contributed by atoms with Crippen LogP contribution in [0.3, 0.4) is 0 Å². The molecule has 0 amide bonds. The molecule has 0 aromatic rings. The second kappa shape index (κ2) is 4.01. The van der Waals surface area contributed by atoms with Crippen LogP contribution in [0.15, 0.2) is 9.52 Å². The summed E-state index contributed by atoms with van der Waals surface area (Å²) in [5.74, 6) is 0. The van der Waals surface area contributed by atoms with Crippen LogP contribution >= 0.6 is 45.0 Å². The molecule has 1 aliphatic heterocycles. The first-order valence-corrected chi connectivity index (χ1v) is 4.36. The predicted molar refractivity (Wildman–Crippen MR) is 37.0 cm³/mol. The van der Waals surface area contributed by atoms with E-state index in [0.717, 1.165) is 0 Å². The third-order valence-electron chi connectivity index (χ3n) is 0.419. The zero-order chi connectivity index (χ0) is 5.28. The van der Waals surface area contributed by atoms with Crippen molar-refractivity contribution in [2.75, 3.05) is 0 Å². The van der Waals surface area contributed by atoms with Crippen molar-refractivity contribution in [2.45, 2.75) is 0 Å². The molecule has 0 unspecified atom stereocenters. The monoisotopic (exact) mass is 208 g/mol. The van der Waals surface area contributed by atoms with E-state index in [-0.39, 0.29) is 12.4 Å². The summed E-state index contributed by atoms with van der Waals surface area (Å²) in [4.78, 5) is 0. The second-order valence-corrected chi connectivity index (χ2v) is 3.78. The smallest absolute Gasteiger partial charge is 0.139 e. The fraction of sp³-hybridized carbons (Fsp3) is 0. The van der Waals surface area contributed by atoms with Crippen LogP contribution in [0.1, 0.15) is 0 Å². The highest BCUT2D eigenvalue weighted by Crippen LogP contribution is 2.40. The lowest BCUT2D eigenvalue weighted by Gasteiger charge is -1.82. The van der Waals surface area contributed by atoms with Gasteiger partial charge in [0.05, 0.1) is 0 Å². The van der Waals surface area contributed by atoms with E-state index in [0.29, 0.717) is 9.52 Å². The topological polar surface area (TPSA) is 12.0 Å². The molecule has 0 spiro atoms. The van der Waals surface area contributed by atoms with Gasteiger partial charge in [-0.1, -0.05) is 23.2 Å². The maximum atomic E-state index is 5.49. The molecule has 1 nitrogen and oxygen atoms in total. The first kappa shape index (κ1) is 9.11. The Morgan fingerprint density at radius 1 is 1.38 bits per heavy atom. The zero-order valence-corrected chi connectivity index (χ0v) is 7.35. The number of hydrogen-bond acceptors (Lipinski definition) is 3. The summed E-state index contributed by atoms with van der Waals surface area (Å²) in [6.07, 6.45) is 0. The average Bonchev–Trinajstić information content (AvgIpc) is 1.91. The highest BCUT2D eigenvalue weighted by atomic mass is 35.5. The maximum absolute atomic E-state index is 5.49. The van der Waals surface area contributed by atoms with Crippen LogP contribution in [0.5, 0.6) is 0 Å². The van der Waals surface area contributed by atoms with E-state index in [9.17, 15) is 0 Å². The summed E-state index contributed by atoms with van der Waals surface area (Å²) in [5.41, 5.74) is 0. The van der Waals surface area contributed by atoms with Gasteiger partial charge in [0.1, 0.15) is 9.52 Å². The van der Waals surface area contributed by atoms with Gasteiger partial charge in [-0.25, -0.2) is 0 Å². The van der Waals surface area contributed by atoms with Crippen molar-refractivity contribution in [1.29, 1.82) is 0 Å². The SMILES string of the molecule is ClC1=C(Cl)SSN1.[Cl-]. The van der Waals surface area contributed by atoms with Crippen LogP contribution in [0.25, 0.3) is 0 Å². The fourth-order valence-corrected chi connectivity index (χ4v) is 2.39. The van der Waals surface area contributed by atoms with Crippen LogP contribution in [0, 0.1) is 0 Å². The van der Waals surface area contributed by atoms with E-state index in [1.807, 2.05) is 0 Å². The lowest BCUT2D eigenvalue weighted by molar-refractivity contribution is -0.00000113. The van der Waals surface area contributed by atoms with Crippen LogP contribution in [0.2, 0.25) is 0 Å². The molecule has 0 atom stereocenters. The zero-order valence-electron chi connectivity index (χ0n) is 3.45. The molecule has 0 fully saturated rings. The van der Waals surface area contributed by atoms with Crippen molar-refractivity contribution >= 4 is 45.0 Å². The quantitative estimate of drug-likeness (QED) is 0.328. The van der Waals surface area contributed by atoms with Crippen molar-refractivity contribution in [3.05, 3.63) is 9.52 Å². The number of halogens is 3. The van der Waals surface area contributed by atoms with Gasteiger partial charge in [0.25, 0.3) is 0 Å². The molecule has 8 heavy (non-hydrogen) atoms. The van der Waals surface area contributed by atoms with Crippen molar-refractivity contribution < 1.29 is 12.4 Å². The largest absolute Gasteiger partial charge is 1.00 e. The Kier molecular flexibility index (Phi) is 4.57. The molecule has 0 radical (unpaired) electrons. The first-order valence-electron chi connectivity index (χ1n) is 1.45. The van der Waals surface area contributed by atoms with E-state index in [4.69, 9.17) is 23.2 Å². The van der Waals surface area contributed by atoms with Gasteiger partial charge in [0, 0.05) is 11.0 Å². The van der Waals surface area contributed by atoms with Gasteiger partial charge in [-0.2, -0.15) is 0 Å². The summed E-state index contributed by atoms with van der Waals surface area (Å²) in [7, 11) is 2.84. The predicted octanol–water partition coefficient (Wildman–Crippen LogP) is -0.506. The molecular formula is C2HCl3NS2-. The van der Waals surface area contributed by atoms with Crippen molar-refractivity contribution in [3.8, 4) is 0 Å². The number of nitrogens with one attached hydrogen (secondary N) is 1. The highest BCUT2D eigenvalue weighted by Gasteiger charge is 2.09. The third-order valence-corrected chi connectivity index (χ3v) is 3.44. The average molecular weight is 210 g/mol. The summed E-state index contributed by atoms with van der Waals surface area (Å²) in [6, 6.07) is 0. The van der Waals surface area contributed by atoms with Crippen LogP contribution in [-0.2, 0) is 0 Å². The molecule has 1 rings (SSSR count). The van der Waals surface area contributed by atoms with Gasteiger partial charge < -0.3 is 17.1 Å². The van der Waals surface area contributed by atoms with E-state index in [1.165, 1.54) is 21.8 Å². The molecular weight excluding hydrogens is 209 g/mol. The standard InChI is InChI=1S/C2HCl2NS2.ClH/c3-1-2(4)6-7-5-1;/h5H;1H/p-1. The summed E-state index contributed by atoms with van der Waals surface area (Å²) in [6.45, 7) is 0. The molecule has 0 aromatic carbocycles. The molecule has 0 aliphatic carbocycles. The van der Waals surface area contributed by atoms with Gasteiger partial charge in [0.2, 0.25) is 0 Å². The minimum absolute atomic E-state index is 0. The molecule has 1 heterocycles. The van der Waals surface area contributed by atoms with E-state index >= 15 is 0 Å². The Hall–Kier alpha value is 1.11. The lowest BCUT2D eigenvalue weighted by atomic mass is 11.1. The molecule has 0 saturated heterocycles. The normalized spacial score (nSPS) is 17.8. The van der Waals surface area contributed by atoms with Gasteiger partial charge in [-0.05, 0) is 10.8 Å². The molecule has 0 saturated carbocycles. The number of hydrogen-bond donors (Lipinski definition) is 1. The van der Waals surface area contributed by atoms with Crippen LogP contribution in [-0.4, -0.2) is 0 Å². The van der Waals surface area contributed by atoms with E-state index in [1.54, 1.807) is 0 Å². The summed E-state index contributed by atoms with van der Waals surface area (Å²) < 4.78 is 3.39. The van der Waals surface area contributed by atoms with E-state index in [2.05, 4.69) is 4.72 Å². The Bertz CT molecular complexity index is 102. The Morgan fingerprint density at radius 2 is 2.00 bits per heavy atom. The Balaban J connectivity index is 0.000000490. The molecule has 0 bridgehead atoms. The van der Waals surface area contributed by atoms with Crippen molar-refractivity contribution in [2.24, 2.45) is 0 Å². The second-order valence-electron chi connectivity index (χ2n) is 0.856. The molecule has 6 heteroatoms. The maximum Gasteiger partial charge on any atom is 0.139 e. The van der Waals surface area contributed by atoms with Gasteiger partial charge in [0.15, 0.2) is 0 Å². The lowest BCUT2D eigenvalue weighted by Crippen LogP contribution is -3.00. The van der Waals surface area contributed by atoms with Crippen molar-refractivity contribution in [3.63, 3.8) is 0 Å². The highest BCUT2D eigenvalue weighted by molar-refractivity contribution is 8.78. The molecule has 1 aliphatic rings. The molecule has 0 aromatic heterocycles. The van der Waals surface area contributed by atoms with Gasteiger partial charge in [-0.3, -0.25) is 0 Å². The summed E-state index contributed by atoms with van der Waals surface area (Å²) >= 11 is 10.9. The first-order chi connectivity index (χ1) is 3.30.